The zero-order valence-corrected chi connectivity index (χ0v) is 17.5. The smallest absolute Gasteiger partial charge is 0.287 e. The van der Waals surface area contributed by atoms with Gasteiger partial charge < -0.3 is 28.7 Å². The second-order valence-corrected chi connectivity index (χ2v) is 6.49. The summed E-state index contributed by atoms with van der Waals surface area (Å²) in [6.45, 7) is 0.332. The first-order chi connectivity index (χ1) is 14.6. The zero-order chi connectivity index (χ0) is 21.5. The van der Waals surface area contributed by atoms with Crippen molar-refractivity contribution in [2.24, 2.45) is 0 Å². The van der Waals surface area contributed by atoms with Crippen LogP contribution in [-0.2, 0) is 13.0 Å². The van der Waals surface area contributed by atoms with Crippen LogP contribution in [-0.4, -0.2) is 34.3 Å². The summed E-state index contributed by atoms with van der Waals surface area (Å²) >= 11 is 0. The average Bonchev–Trinajstić information content (AvgIpc) is 3.25. The summed E-state index contributed by atoms with van der Waals surface area (Å²) in [6, 6.07) is 14.5. The summed E-state index contributed by atoms with van der Waals surface area (Å²) in [5.41, 5.74) is 1.79. The third-order valence-corrected chi connectivity index (χ3v) is 4.64. The SMILES string of the molecule is COc1ccc(OC)c(Cc2ccc(C(=O)NCc3ccc(OC)c(OC)c3)o2)c1. The molecule has 0 bridgehead atoms. The average molecular weight is 411 g/mol. The molecule has 30 heavy (non-hydrogen) atoms. The van der Waals surface area contributed by atoms with Crippen molar-refractivity contribution >= 4 is 5.91 Å². The molecule has 7 nitrogen and oxygen atoms in total. The van der Waals surface area contributed by atoms with Gasteiger partial charge in [-0.15, -0.1) is 0 Å². The van der Waals surface area contributed by atoms with Crippen molar-refractivity contribution < 1.29 is 28.2 Å². The highest BCUT2D eigenvalue weighted by Crippen LogP contribution is 2.28. The molecule has 0 aliphatic rings. The van der Waals surface area contributed by atoms with Crippen LogP contribution in [0.4, 0.5) is 0 Å². The Morgan fingerprint density at radius 1 is 0.833 bits per heavy atom. The molecule has 7 heteroatoms. The van der Waals surface area contributed by atoms with Gasteiger partial charge in [0.2, 0.25) is 0 Å². The molecule has 3 rings (SSSR count). The van der Waals surface area contributed by atoms with E-state index >= 15 is 0 Å². The lowest BCUT2D eigenvalue weighted by molar-refractivity contribution is 0.0921. The fourth-order valence-electron chi connectivity index (χ4n) is 3.06. The van der Waals surface area contributed by atoms with E-state index in [4.69, 9.17) is 23.4 Å². The number of rotatable bonds is 9. The Hall–Kier alpha value is -3.61. The van der Waals surface area contributed by atoms with Crippen LogP contribution in [0.25, 0.3) is 0 Å². The molecule has 1 aromatic heterocycles. The number of amides is 1. The molecule has 3 aromatic rings. The lowest BCUT2D eigenvalue weighted by atomic mass is 10.1. The number of nitrogens with one attached hydrogen (secondary N) is 1. The molecule has 0 aliphatic heterocycles. The van der Waals surface area contributed by atoms with E-state index in [2.05, 4.69) is 5.32 Å². The largest absolute Gasteiger partial charge is 0.497 e. The van der Waals surface area contributed by atoms with E-state index in [0.717, 1.165) is 22.6 Å². The van der Waals surface area contributed by atoms with Crippen molar-refractivity contribution in [1.29, 1.82) is 0 Å². The molecule has 2 aromatic carbocycles. The van der Waals surface area contributed by atoms with Gasteiger partial charge in [0.1, 0.15) is 17.3 Å². The van der Waals surface area contributed by atoms with Crippen LogP contribution in [0.1, 0.15) is 27.4 Å². The second-order valence-electron chi connectivity index (χ2n) is 6.49. The van der Waals surface area contributed by atoms with Crippen molar-refractivity contribution in [2.75, 3.05) is 28.4 Å². The summed E-state index contributed by atoms with van der Waals surface area (Å²) in [5, 5.41) is 2.85. The summed E-state index contributed by atoms with van der Waals surface area (Å²) in [5.74, 6) is 3.30. The van der Waals surface area contributed by atoms with E-state index in [0.29, 0.717) is 30.2 Å². The van der Waals surface area contributed by atoms with E-state index < -0.39 is 0 Å². The Labute approximate surface area is 175 Å². The lowest BCUT2D eigenvalue weighted by Crippen LogP contribution is -2.22. The highest BCUT2D eigenvalue weighted by molar-refractivity contribution is 5.91. The fourth-order valence-corrected chi connectivity index (χ4v) is 3.06. The summed E-state index contributed by atoms with van der Waals surface area (Å²) in [4.78, 5) is 12.5. The molecule has 0 atom stereocenters. The van der Waals surface area contributed by atoms with Crippen molar-refractivity contribution in [3.63, 3.8) is 0 Å². The molecule has 1 heterocycles. The summed E-state index contributed by atoms with van der Waals surface area (Å²) in [6.07, 6.45) is 0.476. The fraction of sp³-hybridized carbons (Fsp3) is 0.261. The first-order valence-electron chi connectivity index (χ1n) is 9.36. The van der Waals surface area contributed by atoms with Gasteiger partial charge in [-0.25, -0.2) is 0 Å². The molecule has 1 amide bonds. The number of ether oxygens (including phenoxy) is 4. The third kappa shape index (κ3) is 4.86. The first-order valence-corrected chi connectivity index (χ1v) is 9.36. The van der Waals surface area contributed by atoms with E-state index in [9.17, 15) is 4.79 Å². The first kappa shape index (κ1) is 21.1. The Bertz CT molecular complexity index is 1010. The maximum atomic E-state index is 12.5. The molecular formula is C23H25NO6. The van der Waals surface area contributed by atoms with Crippen LogP contribution >= 0.6 is 0 Å². The van der Waals surface area contributed by atoms with Gasteiger partial charge in [-0.3, -0.25) is 4.79 Å². The van der Waals surface area contributed by atoms with Crippen LogP contribution in [0.5, 0.6) is 23.0 Å². The Morgan fingerprint density at radius 2 is 1.57 bits per heavy atom. The number of hydrogen-bond acceptors (Lipinski definition) is 6. The van der Waals surface area contributed by atoms with Gasteiger partial charge in [0, 0.05) is 18.5 Å². The zero-order valence-electron chi connectivity index (χ0n) is 17.5. The standard InChI is InChI=1S/C23H25NO6/c1-26-17-6-9-19(27-2)16(12-17)13-18-7-10-21(30-18)23(25)24-14-15-5-8-20(28-3)22(11-15)29-4/h5-12H,13-14H2,1-4H3,(H,24,25). The highest BCUT2D eigenvalue weighted by Gasteiger charge is 2.14. The lowest BCUT2D eigenvalue weighted by Gasteiger charge is -2.10. The molecule has 0 saturated carbocycles. The van der Waals surface area contributed by atoms with Gasteiger partial charge >= 0.3 is 0 Å². The minimum atomic E-state index is -0.298. The van der Waals surface area contributed by atoms with Gasteiger partial charge in [0.15, 0.2) is 17.3 Å². The van der Waals surface area contributed by atoms with Crippen molar-refractivity contribution in [1.82, 2.24) is 5.32 Å². The van der Waals surface area contributed by atoms with Crippen molar-refractivity contribution in [2.45, 2.75) is 13.0 Å². The van der Waals surface area contributed by atoms with E-state index in [-0.39, 0.29) is 11.7 Å². The van der Waals surface area contributed by atoms with E-state index in [1.807, 2.05) is 30.3 Å². The maximum Gasteiger partial charge on any atom is 0.287 e. The number of carbonyl (C=O) groups excluding carboxylic acids is 1. The Balaban J connectivity index is 1.65. The molecule has 158 valence electrons. The Kier molecular flexibility index (Phi) is 6.85. The van der Waals surface area contributed by atoms with Gasteiger partial charge in [-0.2, -0.15) is 0 Å². The highest BCUT2D eigenvalue weighted by atomic mass is 16.5. The van der Waals surface area contributed by atoms with E-state index in [1.54, 1.807) is 46.6 Å². The van der Waals surface area contributed by atoms with E-state index in [1.165, 1.54) is 0 Å². The van der Waals surface area contributed by atoms with Crippen LogP contribution in [0.3, 0.4) is 0 Å². The van der Waals surface area contributed by atoms with Gasteiger partial charge in [0.05, 0.1) is 28.4 Å². The number of benzene rings is 2. The number of carbonyl (C=O) groups is 1. The minimum Gasteiger partial charge on any atom is -0.497 e. The number of furan rings is 1. The molecule has 1 N–H and O–H groups in total. The molecule has 0 unspecified atom stereocenters. The molecule has 0 aliphatic carbocycles. The topological polar surface area (TPSA) is 79.2 Å². The van der Waals surface area contributed by atoms with Crippen molar-refractivity contribution in [3.8, 4) is 23.0 Å². The number of methoxy groups -OCH3 is 4. The molecule has 0 radical (unpaired) electrons. The minimum absolute atomic E-state index is 0.243. The normalized spacial score (nSPS) is 10.4. The van der Waals surface area contributed by atoms with Gasteiger partial charge in [-0.1, -0.05) is 6.07 Å². The van der Waals surface area contributed by atoms with Crippen LogP contribution in [0, 0.1) is 0 Å². The Morgan fingerprint density at radius 3 is 2.27 bits per heavy atom. The molecule has 0 fully saturated rings. The quantitative estimate of drug-likeness (QED) is 0.576. The van der Waals surface area contributed by atoms with Crippen LogP contribution in [0.2, 0.25) is 0 Å². The summed E-state index contributed by atoms with van der Waals surface area (Å²) < 4.78 is 26.9. The predicted molar refractivity (Wildman–Crippen MR) is 112 cm³/mol. The number of hydrogen-bond donors (Lipinski definition) is 1. The van der Waals surface area contributed by atoms with Crippen LogP contribution in [0.15, 0.2) is 52.9 Å². The second kappa shape index (κ2) is 9.73. The van der Waals surface area contributed by atoms with Gasteiger partial charge in [0.25, 0.3) is 5.91 Å². The maximum absolute atomic E-state index is 12.5. The predicted octanol–water partition coefficient (Wildman–Crippen LogP) is 3.83. The molecule has 0 spiro atoms. The monoisotopic (exact) mass is 411 g/mol. The molecular weight excluding hydrogens is 386 g/mol. The molecule has 0 saturated heterocycles. The summed E-state index contributed by atoms with van der Waals surface area (Å²) in [7, 11) is 6.37. The third-order valence-electron chi connectivity index (χ3n) is 4.64. The van der Waals surface area contributed by atoms with Gasteiger partial charge in [-0.05, 0) is 48.0 Å². The van der Waals surface area contributed by atoms with Crippen LogP contribution < -0.4 is 24.3 Å². The van der Waals surface area contributed by atoms with Crippen molar-refractivity contribution in [3.05, 3.63) is 71.2 Å².